The van der Waals surface area contributed by atoms with Crippen molar-refractivity contribution in [2.45, 2.75) is 32.1 Å². The first-order valence-electron chi connectivity index (χ1n) is 12.2. The maximum absolute atomic E-state index is 12.7. The highest BCUT2D eigenvalue weighted by atomic mass is 16.5. The lowest BCUT2D eigenvalue weighted by Crippen LogP contribution is -2.43. The maximum Gasteiger partial charge on any atom is 0.263 e. The number of ether oxygens (including phenoxy) is 1. The van der Waals surface area contributed by atoms with Gasteiger partial charge in [-0.25, -0.2) is 4.98 Å². The number of methoxy groups -OCH3 is 1. The van der Waals surface area contributed by atoms with E-state index in [0.29, 0.717) is 11.4 Å². The van der Waals surface area contributed by atoms with Crippen molar-refractivity contribution < 1.29 is 14.1 Å². The Balaban J connectivity index is 1.23. The minimum Gasteiger partial charge on any atom is -0.497 e. The van der Waals surface area contributed by atoms with E-state index >= 15 is 0 Å². The predicted molar refractivity (Wildman–Crippen MR) is 130 cm³/mol. The van der Waals surface area contributed by atoms with Gasteiger partial charge in [-0.05, 0) is 63.0 Å². The second kappa shape index (κ2) is 10.4. The molecule has 9 nitrogen and oxygen atoms in total. The molecule has 34 heavy (non-hydrogen) atoms. The number of benzene rings is 1. The first-order chi connectivity index (χ1) is 16.7. The van der Waals surface area contributed by atoms with Crippen LogP contribution >= 0.6 is 0 Å². The molecule has 0 radical (unpaired) electrons. The van der Waals surface area contributed by atoms with Crippen LogP contribution in [0, 0.1) is 5.92 Å². The summed E-state index contributed by atoms with van der Waals surface area (Å²) in [6.07, 6.45) is 6.98. The maximum atomic E-state index is 12.7. The molecule has 2 aliphatic rings. The lowest BCUT2D eigenvalue weighted by molar-refractivity contribution is -0.125. The van der Waals surface area contributed by atoms with Crippen molar-refractivity contribution in [3.8, 4) is 17.0 Å². The number of nitrogens with one attached hydrogen (secondary N) is 1. The molecular formula is C25H32N6O3. The third-order valence-electron chi connectivity index (χ3n) is 6.96. The second-order valence-corrected chi connectivity index (χ2v) is 9.09. The van der Waals surface area contributed by atoms with E-state index in [9.17, 15) is 4.79 Å². The lowest BCUT2D eigenvalue weighted by Gasteiger charge is -2.32. The zero-order valence-electron chi connectivity index (χ0n) is 19.7. The molecule has 1 amide bonds. The average Bonchev–Trinajstić information content (AvgIpc) is 3.34. The van der Waals surface area contributed by atoms with E-state index in [1.807, 2.05) is 24.3 Å². The van der Waals surface area contributed by atoms with Crippen molar-refractivity contribution in [2.24, 2.45) is 5.92 Å². The Kier molecular flexibility index (Phi) is 6.89. The normalized spacial score (nSPS) is 17.7. The van der Waals surface area contributed by atoms with E-state index < -0.39 is 0 Å². The molecule has 5 rings (SSSR count). The molecule has 2 fully saturated rings. The van der Waals surface area contributed by atoms with Gasteiger partial charge in [0.25, 0.3) is 5.71 Å². The zero-order valence-corrected chi connectivity index (χ0v) is 19.7. The van der Waals surface area contributed by atoms with Gasteiger partial charge in [-0.3, -0.25) is 4.79 Å². The van der Waals surface area contributed by atoms with Crippen LogP contribution in [0.3, 0.4) is 0 Å². The van der Waals surface area contributed by atoms with Crippen LogP contribution < -0.4 is 15.0 Å². The third-order valence-corrected chi connectivity index (χ3v) is 6.96. The highest BCUT2D eigenvalue weighted by Gasteiger charge is 2.28. The zero-order chi connectivity index (χ0) is 23.3. The number of rotatable bonds is 7. The highest BCUT2D eigenvalue weighted by Crippen LogP contribution is 2.35. The fourth-order valence-electron chi connectivity index (χ4n) is 4.98. The Hall–Kier alpha value is -3.20. The number of hydrogen-bond donors (Lipinski definition) is 1. The number of nitrogens with zero attached hydrogens (tertiary/aromatic N) is 5. The van der Waals surface area contributed by atoms with Gasteiger partial charge in [0.05, 0.1) is 7.11 Å². The van der Waals surface area contributed by atoms with Crippen molar-refractivity contribution in [3.05, 3.63) is 30.6 Å². The van der Waals surface area contributed by atoms with Crippen LogP contribution in [0.1, 0.15) is 32.1 Å². The SMILES string of the molecule is COc1ccc(-c2noc3ncnc(N4CCC(C(=O)NCCN5CCCCC5)CC4)c23)cc1. The van der Waals surface area contributed by atoms with Gasteiger partial charge in [0.15, 0.2) is 0 Å². The Labute approximate surface area is 199 Å². The summed E-state index contributed by atoms with van der Waals surface area (Å²) in [6.45, 7) is 5.50. The fourth-order valence-corrected chi connectivity index (χ4v) is 4.98. The number of amides is 1. The Morgan fingerprint density at radius 2 is 1.85 bits per heavy atom. The largest absolute Gasteiger partial charge is 0.497 e. The van der Waals surface area contributed by atoms with Crippen molar-refractivity contribution in [1.82, 2.24) is 25.3 Å². The number of carbonyl (C=O) groups is 1. The molecule has 1 aromatic carbocycles. The monoisotopic (exact) mass is 464 g/mol. The molecule has 4 heterocycles. The number of carbonyl (C=O) groups excluding carboxylic acids is 1. The van der Waals surface area contributed by atoms with Gasteiger partial charge in [-0.1, -0.05) is 11.6 Å². The van der Waals surface area contributed by atoms with Gasteiger partial charge in [0.1, 0.15) is 29.0 Å². The van der Waals surface area contributed by atoms with Crippen LogP contribution in [0.2, 0.25) is 0 Å². The molecule has 3 aromatic rings. The number of fused-ring (bicyclic) bond motifs is 1. The molecule has 0 saturated carbocycles. The third kappa shape index (κ3) is 4.84. The number of aromatic nitrogens is 3. The smallest absolute Gasteiger partial charge is 0.263 e. The van der Waals surface area contributed by atoms with E-state index in [4.69, 9.17) is 9.26 Å². The molecule has 0 atom stereocenters. The Morgan fingerprint density at radius 3 is 2.59 bits per heavy atom. The average molecular weight is 465 g/mol. The van der Waals surface area contributed by atoms with E-state index in [2.05, 4.69) is 30.2 Å². The van der Waals surface area contributed by atoms with Crippen LogP contribution in [0.15, 0.2) is 35.1 Å². The molecule has 0 unspecified atom stereocenters. The topological polar surface area (TPSA) is 96.6 Å². The quantitative estimate of drug-likeness (QED) is 0.570. The molecule has 2 aromatic heterocycles. The van der Waals surface area contributed by atoms with Crippen LogP contribution in [0.25, 0.3) is 22.4 Å². The first kappa shape index (κ1) is 22.6. The van der Waals surface area contributed by atoms with Crippen molar-refractivity contribution in [1.29, 1.82) is 0 Å². The van der Waals surface area contributed by atoms with E-state index in [0.717, 1.165) is 74.6 Å². The highest BCUT2D eigenvalue weighted by molar-refractivity contribution is 5.98. The summed E-state index contributed by atoms with van der Waals surface area (Å²) < 4.78 is 10.8. The van der Waals surface area contributed by atoms with Gasteiger partial charge in [-0.2, -0.15) is 4.98 Å². The van der Waals surface area contributed by atoms with E-state index in [1.54, 1.807) is 7.11 Å². The molecule has 2 saturated heterocycles. The van der Waals surface area contributed by atoms with Crippen LogP contribution in [-0.2, 0) is 4.79 Å². The summed E-state index contributed by atoms with van der Waals surface area (Å²) in [6, 6.07) is 7.70. The molecule has 9 heteroatoms. The molecule has 0 aliphatic carbocycles. The fraction of sp³-hybridized carbons (Fsp3) is 0.520. The molecule has 1 N–H and O–H groups in total. The van der Waals surface area contributed by atoms with Gasteiger partial charge in [0.2, 0.25) is 5.91 Å². The molecule has 2 aliphatic heterocycles. The summed E-state index contributed by atoms with van der Waals surface area (Å²) in [5.74, 6) is 1.80. The lowest BCUT2D eigenvalue weighted by atomic mass is 9.95. The molecule has 0 bridgehead atoms. The summed E-state index contributed by atoms with van der Waals surface area (Å²) in [5, 5.41) is 8.24. The number of anilines is 1. The van der Waals surface area contributed by atoms with Crippen molar-refractivity contribution >= 4 is 22.8 Å². The minimum atomic E-state index is 0.0402. The van der Waals surface area contributed by atoms with Gasteiger partial charge in [-0.15, -0.1) is 0 Å². The Bertz CT molecular complexity index is 1100. The Morgan fingerprint density at radius 1 is 1.09 bits per heavy atom. The predicted octanol–water partition coefficient (Wildman–Crippen LogP) is 3.11. The van der Waals surface area contributed by atoms with Crippen molar-refractivity contribution in [2.75, 3.05) is 51.3 Å². The van der Waals surface area contributed by atoms with Crippen LogP contribution in [0.4, 0.5) is 5.82 Å². The van der Waals surface area contributed by atoms with Gasteiger partial charge < -0.3 is 24.4 Å². The molecular weight excluding hydrogens is 432 g/mol. The van der Waals surface area contributed by atoms with E-state index in [1.165, 1.54) is 25.6 Å². The number of piperidine rings is 2. The first-order valence-corrected chi connectivity index (χ1v) is 12.2. The standard InChI is InChI=1S/C25H32N6O3/c1-33-20-7-5-18(6-8-20)22-21-23(27-17-28-25(21)34-29-22)31-14-9-19(10-15-31)24(32)26-11-16-30-12-3-2-4-13-30/h5-8,17,19H,2-4,9-16H2,1H3,(H,26,32). The summed E-state index contributed by atoms with van der Waals surface area (Å²) in [5.41, 5.74) is 2.10. The van der Waals surface area contributed by atoms with Crippen LogP contribution in [-0.4, -0.2) is 72.3 Å². The van der Waals surface area contributed by atoms with Gasteiger partial charge >= 0.3 is 0 Å². The number of hydrogen-bond acceptors (Lipinski definition) is 8. The molecule has 0 spiro atoms. The summed E-state index contributed by atoms with van der Waals surface area (Å²) in [7, 11) is 1.64. The van der Waals surface area contributed by atoms with Crippen molar-refractivity contribution in [3.63, 3.8) is 0 Å². The second-order valence-electron chi connectivity index (χ2n) is 9.09. The summed E-state index contributed by atoms with van der Waals surface area (Å²) >= 11 is 0. The molecule has 180 valence electrons. The van der Waals surface area contributed by atoms with E-state index in [-0.39, 0.29) is 11.8 Å². The summed E-state index contributed by atoms with van der Waals surface area (Å²) in [4.78, 5) is 26.3. The minimum absolute atomic E-state index is 0.0402. The number of likely N-dealkylation sites (tertiary alicyclic amines) is 1. The van der Waals surface area contributed by atoms with Crippen LogP contribution in [0.5, 0.6) is 5.75 Å². The van der Waals surface area contributed by atoms with Gasteiger partial charge in [0, 0.05) is 37.7 Å².